The summed E-state index contributed by atoms with van der Waals surface area (Å²) in [5, 5.41) is 16.4. The molecule has 0 aliphatic heterocycles. The van der Waals surface area contributed by atoms with Crippen molar-refractivity contribution in [1.29, 1.82) is 0 Å². The maximum Gasteiger partial charge on any atom is 0.129 e. The first-order chi connectivity index (χ1) is 8.28. The molecule has 0 aromatic carbocycles. The highest BCUT2D eigenvalue weighted by Crippen LogP contribution is 2.07. The zero-order valence-corrected chi connectivity index (χ0v) is 9.89. The fourth-order valence-corrected chi connectivity index (χ4v) is 1.63. The van der Waals surface area contributed by atoms with Gasteiger partial charge in [-0.25, -0.2) is 0 Å². The summed E-state index contributed by atoms with van der Waals surface area (Å²) < 4.78 is 7.16. The Bertz CT molecular complexity index is 462. The van der Waals surface area contributed by atoms with E-state index in [4.69, 9.17) is 9.52 Å². The molecule has 2 heterocycles. The van der Waals surface area contributed by atoms with E-state index in [1.165, 1.54) is 0 Å². The van der Waals surface area contributed by atoms with Crippen LogP contribution in [0.25, 0.3) is 0 Å². The summed E-state index contributed by atoms with van der Waals surface area (Å²) in [6, 6.07) is 5.67. The zero-order chi connectivity index (χ0) is 12.1. The molecule has 5 nitrogen and oxygen atoms in total. The molecule has 0 saturated heterocycles. The number of hydrogen-bond acceptors (Lipinski definition) is 4. The van der Waals surface area contributed by atoms with Gasteiger partial charge in [-0.3, -0.25) is 4.68 Å². The van der Waals surface area contributed by atoms with Crippen molar-refractivity contribution >= 4 is 0 Å². The second-order valence-electron chi connectivity index (χ2n) is 3.93. The fourth-order valence-electron chi connectivity index (χ4n) is 1.63. The second-order valence-corrected chi connectivity index (χ2v) is 3.93. The van der Waals surface area contributed by atoms with Crippen molar-refractivity contribution in [2.24, 2.45) is 7.05 Å². The molecule has 0 amide bonds. The summed E-state index contributed by atoms with van der Waals surface area (Å²) >= 11 is 0. The lowest BCUT2D eigenvalue weighted by Crippen LogP contribution is -2.16. The van der Waals surface area contributed by atoms with Gasteiger partial charge in [0.1, 0.15) is 18.1 Å². The van der Waals surface area contributed by atoms with Crippen molar-refractivity contribution in [2.75, 3.05) is 6.54 Å². The molecule has 2 aromatic rings. The number of aliphatic hydroxyl groups excluding tert-OH is 1. The van der Waals surface area contributed by atoms with E-state index in [-0.39, 0.29) is 6.61 Å². The molecule has 92 valence electrons. The molecule has 0 atom stereocenters. The molecule has 0 radical (unpaired) electrons. The minimum atomic E-state index is -0.0477. The van der Waals surface area contributed by atoms with Crippen molar-refractivity contribution < 1.29 is 9.52 Å². The molecule has 0 bridgehead atoms. The average Bonchev–Trinajstić information content (AvgIpc) is 2.93. The van der Waals surface area contributed by atoms with Crippen LogP contribution in [0, 0.1) is 0 Å². The summed E-state index contributed by atoms with van der Waals surface area (Å²) in [5.41, 5.74) is 1.08. The molecule has 2 rings (SSSR count). The Morgan fingerprint density at radius 3 is 2.82 bits per heavy atom. The predicted molar refractivity (Wildman–Crippen MR) is 63.2 cm³/mol. The van der Waals surface area contributed by atoms with Gasteiger partial charge in [0, 0.05) is 26.2 Å². The summed E-state index contributed by atoms with van der Waals surface area (Å²) in [6.07, 6.45) is 2.84. The fraction of sp³-hybridized carbons (Fsp3) is 0.417. The van der Waals surface area contributed by atoms with Gasteiger partial charge in [0.25, 0.3) is 0 Å². The largest absolute Gasteiger partial charge is 0.462 e. The van der Waals surface area contributed by atoms with Crippen molar-refractivity contribution in [3.63, 3.8) is 0 Å². The van der Waals surface area contributed by atoms with E-state index >= 15 is 0 Å². The maximum atomic E-state index is 8.85. The molecular formula is C12H17N3O2. The van der Waals surface area contributed by atoms with Gasteiger partial charge < -0.3 is 14.8 Å². The lowest BCUT2D eigenvalue weighted by atomic mass is 10.3. The van der Waals surface area contributed by atoms with Crippen LogP contribution in [0.2, 0.25) is 0 Å². The summed E-state index contributed by atoms with van der Waals surface area (Å²) in [6.45, 7) is 1.48. The predicted octanol–water partition coefficient (Wildman–Crippen LogP) is 0.838. The first-order valence-corrected chi connectivity index (χ1v) is 5.65. The van der Waals surface area contributed by atoms with E-state index in [0.717, 1.165) is 24.4 Å². The van der Waals surface area contributed by atoms with Crippen LogP contribution < -0.4 is 5.32 Å². The third kappa shape index (κ3) is 3.44. The summed E-state index contributed by atoms with van der Waals surface area (Å²) in [5.74, 6) is 1.45. The Morgan fingerprint density at radius 1 is 1.35 bits per heavy atom. The van der Waals surface area contributed by atoms with Crippen LogP contribution in [-0.4, -0.2) is 21.4 Å². The minimum absolute atomic E-state index is 0.0477. The molecule has 17 heavy (non-hydrogen) atoms. The topological polar surface area (TPSA) is 63.2 Å². The van der Waals surface area contributed by atoms with E-state index in [9.17, 15) is 0 Å². The van der Waals surface area contributed by atoms with Crippen molar-refractivity contribution in [3.8, 4) is 0 Å². The van der Waals surface area contributed by atoms with Crippen LogP contribution in [-0.2, 0) is 26.6 Å². The Hall–Kier alpha value is -1.59. The first kappa shape index (κ1) is 11.9. The normalized spacial score (nSPS) is 10.9. The monoisotopic (exact) mass is 235 g/mol. The van der Waals surface area contributed by atoms with Crippen LogP contribution in [0.15, 0.2) is 28.8 Å². The summed E-state index contributed by atoms with van der Waals surface area (Å²) in [4.78, 5) is 0. The summed E-state index contributed by atoms with van der Waals surface area (Å²) in [7, 11) is 1.91. The number of furan rings is 1. The first-order valence-electron chi connectivity index (χ1n) is 5.65. The second kappa shape index (κ2) is 5.65. The minimum Gasteiger partial charge on any atom is -0.462 e. The third-order valence-corrected chi connectivity index (χ3v) is 2.50. The van der Waals surface area contributed by atoms with Crippen molar-refractivity contribution in [3.05, 3.63) is 41.6 Å². The number of rotatable bonds is 6. The molecule has 0 saturated carbocycles. The van der Waals surface area contributed by atoms with Gasteiger partial charge in [-0.15, -0.1) is 0 Å². The molecule has 0 aliphatic rings. The number of aromatic nitrogens is 2. The van der Waals surface area contributed by atoms with Crippen LogP contribution >= 0.6 is 0 Å². The van der Waals surface area contributed by atoms with E-state index in [2.05, 4.69) is 10.4 Å². The van der Waals surface area contributed by atoms with Crippen LogP contribution in [0.4, 0.5) is 0 Å². The van der Waals surface area contributed by atoms with Gasteiger partial charge in [-0.05, 0) is 18.2 Å². The number of nitrogens with one attached hydrogen (secondary N) is 1. The van der Waals surface area contributed by atoms with E-state index in [1.807, 2.05) is 25.4 Å². The van der Waals surface area contributed by atoms with Crippen LogP contribution in [0.5, 0.6) is 0 Å². The van der Waals surface area contributed by atoms with Gasteiger partial charge in [-0.1, -0.05) is 0 Å². The maximum absolute atomic E-state index is 8.85. The number of aliphatic hydroxyl groups is 1. The molecular weight excluding hydrogens is 218 g/mol. The van der Waals surface area contributed by atoms with Gasteiger partial charge in [0.05, 0.1) is 12.2 Å². The standard InChI is InChI=1S/C12H17N3O2/c1-15-7-5-10(14-15)4-6-13-8-11-2-3-12(9-16)17-11/h2-3,5,7,13,16H,4,6,8-9H2,1H3. The van der Waals surface area contributed by atoms with Gasteiger partial charge >= 0.3 is 0 Å². The van der Waals surface area contributed by atoms with E-state index < -0.39 is 0 Å². The zero-order valence-electron chi connectivity index (χ0n) is 9.89. The molecule has 2 aromatic heterocycles. The highest BCUT2D eigenvalue weighted by Gasteiger charge is 2.01. The molecule has 0 fully saturated rings. The van der Waals surface area contributed by atoms with Crippen molar-refractivity contribution in [1.82, 2.24) is 15.1 Å². The Balaban J connectivity index is 1.69. The highest BCUT2D eigenvalue weighted by molar-refractivity contribution is 5.06. The molecule has 0 spiro atoms. The number of aryl methyl sites for hydroxylation is 1. The molecule has 2 N–H and O–H groups in total. The number of nitrogens with zero attached hydrogens (tertiary/aromatic N) is 2. The van der Waals surface area contributed by atoms with Gasteiger partial charge in [0.2, 0.25) is 0 Å². The Morgan fingerprint density at radius 2 is 2.18 bits per heavy atom. The Kier molecular flexibility index (Phi) is 3.95. The molecule has 5 heteroatoms. The smallest absolute Gasteiger partial charge is 0.129 e. The van der Waals surface area contributed by atoms with Gasteiger partial charge in [-0.2, -0.15) is 5.10 Å². The quantitative estimate of drug-likeness (QED) is 0.728. The molecule has 0 aliphatic carbocycles. The number of hydrogen-bond donors (Lipinski definition) is 2. The average molecular weight is 235 g/mol. The van der Waals surface area contributed by atoms with Crippen LogP contribution in [0.1, 0.15) is 17.2 Å². The lowest BCUT2D eigenvalue weighted by molar-refractivity contribution is 0.243. The van der Waals surface area contributed by atoms with Crippen LogP contribution in [0.3, 0.4) is 0 Å². The van der Waals surface area contributed by atoms with Gasteiger partial charge in [0.15, 0.2) is 0 Å². The SMILES string of the molecule is Cn1ccc(CCNCc2ccc(CO)o2)n1. The molecule has 0 unspecified atom stereocenters. The highest BCUT2D eigenvalue weighted by atomic mass is 16.4. The third-order valence-electron chi connectivity index (χ3n) is 2.50. The Labute approximate surface area is 100 Å². The van der Waals surface area contributed by atoms with E-state index in [1.54, 1.807) is 10.7 Å². The lowest BCUT2D eigenvalue weighted by Gasteiger charge is -2.00. The van der Waals surface area contributed by atoms with E-state index in [0.29, 0.717) is 12.3 Å². The van der Waals surface area contributed by atoms with Crippen molar-refractivity contribution in [2.45, 2.75) is 19.6 Å².